The third-order valence-corrected chi connectivity index (χ3v) is 23.0. The molecular formula is C32H66BNO5Si3. The predicted molar refractivity (Wildman–Crippen MR) is 184 cm³/mol. The van der Waals surface area contributed by atoms with Crippen LogP contribution in [0.15, 0.2) is 0 Å². The highest BCUT2D eigenvalue weighted by atomic mass is 28.4. The maximum atomic E-state index is 13.1. The van der Waals surface area contributed by atoms with Gasteiger partial charge in [0, 0.05) is 5.94 Å². The van der Waals surface area contributed by atoms with Crippen molar-refractivity contribution in [3.63, 3.8) is 0 Å². The Bertz CT molecular complexity index is 967. The molecule has 4 aliphatic rings. The van der Waals surface area contributed by atoms with Crippen LogP contribution < -0.4 is 0 Å². The average Bonchev–Trinajstić information content (AvgIpc) is 3.08. The molecule has 1 heterocycles. The Balaban J connectivity index is 1.94. The van der Waals surface area contributed by atoms with Crippen molar-refractivity contribution in [2.45, 2.75) is 181 Å². The first-order valence-electron chi connectivity index (χ1n) is 16.6. The molecule has 0 N–H and O–H groups in total. The molecule has 42 heavy (non-hydrogen) atoms. The molecule has 2 bridgehead atoms. The molecule has 3 saturated carbocycles. The molecule has 6 atom stereocenters. The molecule has 0 aromatic rings. The van der Waals surface area contributed by atoms with E-state index in [0.717, 1.165) is 25.2 Å². The van der Waals surface area contributed by atoms with Crippen LogP contribution in [0.2, 0.25) is 57.4 Å². The summed E-state index contributed by atoms with van der Waals surface area (Å²) in [6, 6.07) is 0. The highest BCUT2D eigenvalue weighted by Gasteiger charge is 2.69. The third kappa shape index (κ3) is 7.69. The summed E-state index contributed by atoms with van der Waals surface area (Å²) in [6.45, 7) is 39.1. The van der Waals surface area contributed by atoms with E-state index >= 15 is 0 Å². The van der Waals surface area contributed by atoms with Crippen molar-refractivity contribution in [1.29, 1.82) is 0 Å². The summed E-state index contributed by atoms with van der Waals surface area (Å²) in [7, 11) is -5.91. The van der Waals surface area contributed by atoms with E-state index in [1.165, 1.54) is 6.42 Å². The molecule has 4 fully saturated rings. The van der Waals surface area contributed by atoms with Gasteiger partial charge < -0.3 is 22.7 Å². The Kier molecular flexibility index (Phi) is 10.1. The Labute approximate surface area is 263 Å². The summed E-state index contributed by atoms with van der Waals surface area (Å²) in [5, 5.41) is 0.0524. The van der Waals surface area contributed by atoms with Crippen LogP contribution in [0.1, 0.15) is 94.4 Å². The van der Waals surface area contributed by atoms with Crippen molar-refractivity contribution in [2.75, 3.05) is 0 Å². The molecule has 3 aliphatic carbocycles. The largest absolute Gasteiger partial charge is 0.474 e. The van der Waals surface area contributed by atoms with Crippen molar-refractivity contribution >= 4 is 37.9 Å². The summed E-state index contributed by atoms with van der Waals surface area (Å²) in [6.07, 6.45) is 4.25. The van der Waals surface area contributed by atoms with Gasteiger partial charge in [0.1, 0.15) is 22.1 Å². The van der Waals surface area contributed by atoms with Crippen molar-refractivity contribution in [3.8, 4) is 0 Å². The van der Waals surface area contributed by atoms with E-state index in [4.69, 9.17) is 18.5 Å². The first-order chi connectivity index (χ1) is 18.6. The third-order valence-electron chi connectivity index (χ3n) is 10.9. The lowest BCUT2D eigenvalue weighted by molar-refractivity contribution is -0.199. The van der Waals surface area contributed by atoms with E-state index < -0.39 is 30.4 Å². The Morgan fingerprint density at radius 3 is 1.93 bits per heavy atom. The van der Waals surface area contributed by atoms with Gasteiger partial charge >= 0.3 is 13.1 Å². The van der Waals surface area contributed by atoms with Gasteiger partial charge in [0.05, 0.1) is 24.2 Å². The van der Waals surface area contributed by atoms with Crippen LogP contribution in [-0.2, 0) is 23.3 Å². The van der Waals surface area contributed by atoms with E-state index in [9.17, 15) is 4.79 Å². The number of ether oxygens (including phenoxy) is 1. The van der Waals surface area contributed by atoms with Crippen molar-refractivity contribution in [1.82, 2.24) is 4.23 Å². The Morgan fingerprint density at radius 1 is 0.929 bits per heavy atom. The number of esters is 1. The lowest BCUT2D eigenvalue weighted by Crippen LogP contribution is -2.67. The molecule has 4 rings (SSSR count). The van der Waals surface area contributed by atoms with E-state index in [1.54, 1.807) is 0 Å². The monoisotopic (exact) mass is 639 g/mol. The standard InChI is InChI=1S/C32H66BNO5Si3/c1-29(2,3)36-28(35)22-24(38-42(16,17)30(4,5)6)18-19-27(34(40(10,11)12)41(13,14)15)33-37-26-21-23-20-25(31(23,7)8)32(26,9)39-33/h23-27H,18-22H2,1-17H3/t23-,24?,25-,26+,27-,32-/m0/s1. The summed E-state index contributed by atoms with van der Waals surface area (Å²) < 4.78 is 29.8. The molecule has 10 heteroatoms. The van der Waals surface area contributed by atoms with Gasteiger partial charge in [0.2, 0.25) is 0 Å². The van der Waals surface area contributed by atoms with Gasteiger partial charge in [-0.25, -0.2) is 0 Å². The molecule has 0 aromatic carbocycles. The second-order valence-corrected chi connectivity index (χ2v) is 33.8. The van der Waals surface area contributed by atoms with Crippen LogP contribution in [0, 0.1) is 17.3 Å². The topological polar surface area (TPSA) is 57.2 Å². The highest BCUT2D eigenvalue weighted by Crippen LogP contribution is 2.66. The zero-order chi connectivity index (χ0) is 32.5. The number of carbonyl (C=O) groups excluding carboxylic acids is 1. The Hall–Kier alpha value is 0.0256. The van der Waals surface area contributed by atoms with Gasteiger partial charge in [-0.3, -0.25) is 4.79 Å². The average molecular weight is 640 g/mol. The number of rotatable bonds is 11. The molecule has 0 radical (unpaired) electrons. The minimum Gasteiger partial charge on any atom is -0.460 e. The lowest BCUT2D eigenvalue weighted by Gasteiger charge is -2.64. The normalized spacial score (nSPS) is 29.7. The second kappa shape index (κ2) is 11.7. The van der Waals surface area contributed by atoms with Crippen molar-refractivity contribution in [2.24, 2.45) is 17.3 Å². The molecule has 1 unspecified atom stereocenters. The highest BCUT2D eigenvalue weighted by molar-refractivity contribution is 6.90. The zero-order valence-corrected chi connectivity index (χ0v) is 33.5. The molecule has 0 aromatic heterocycles. The number of hydrogen-bond acceptors (Lipinski definition) is 6. The van der Waals surface area contributed by atoms with Gasteiger partial charge in [0.25, 0.3) is 0 Å². The second-order valence-electron chi connectivity index (χ2n) is 19.0. The predicted octanol–water partition coefficient (Wildman–Crippen LogP) is 8.50. The summed E-state index contributed by atoms with van der Waals surface area (Å²) in [5.74, 6) is 1.22. The minimum absolute atomic E-state index is 0.0524. The fourth-order valence-electron chi connectivity index (χ4n) is 8.17. The zero-order valence-electron chi connectivity index (χ0n) is 30.5. The fourth-order valence-corrected chi connectivity index (χ4v) is 20.1. The van der Waals surface area contributed by atoms with E-state index in [0.29, 0.717) is 11.3 Å². The number of nitrogens with zero attached hydrogens (tertiary/aromatic N) is 1. The molecule has 0 spiro atoms. The molecule has 6 nitrogen and oxygen atoms in total. The smallest absolute Gasteiger partial charge is 0.460 e. The lowest BCUT2D eigenvalue weighted by atomic mass is 9.43. The van der Waals surface area contributed by atoms with E-state index in [-0.39, 0.29) is 48.3 Å². The van der Waals surface area contributed by atoms with Gasteiger partial charge in [-0.05, 0) is 88.8 Å². The quantitative estimate of drug-likeness (QED) is 0.167. The maximum Gasteiger partial charge on any atom is 0.474 e. The minimum atomic E-state index is -2.12. The fraction of sp³-hybridized carbons (Fsp3) is 0.969. The maximum absolute atomic E-state index is 13.1. The van der Waals surface area contributed by atoms with Crippen molar-refractivity contribution < 1.29 is 23.3 Å². The summed E-state index contributed by atoms with van der Waals surface area (Å²) in [5.41, 5.74) is -0.440. The summed E-state index contributed by atoms with van der Waals surface area (Å²) in [4.78, 5) is 13.1. The van der Waals surface area contributed by atoms with Crippen LogP contribution in [0.25, 0.3) is 0 Å². The molecule has 1 saturated heterocycles. The van der Waals surface area contributed by atoms with Crippen LogP contribution in [0.3, 0.4) is 0 Å². The Morgan fingerprint density at radius 2 is 1.48 bits per heavy atom. The molecule has 244 valence electrons. The molecular weight excluding hydrogens is 573 g/mol. The van der Waals surface area contributed by atoms with Gasteiger partial charge in [-0.15, -0.1) is 0 Å². The van der Waals surface area contributed by atoms with Gasteiger partial charge in [-0.1, -0.05) is 73.9 Å². The first-order valence-corrected chi connectivity index (χ1v) is 26.4. The van der Waals surface area contributed by atoms with Crippen LogP contribution in [-0.4, -0.2) is 71.5 Å². The van der Waals surface area contributed by atoms with Gasteiger partial charge in [0.15, 0.2) is 8.32 Å². The summed E-state index contributed by atoms with van der Waals surface area (Å²) >= 11 is 0. The van der Waals surface area contributed by atoms with E-state index in [1.807, 2.05) is 20.8 Å². The molecule has 1 aliphatic heterocycles. The number of carbonyl (C=O) groups is 1. The molecule has 0 amide bonds. The SMILES string of the molecule is CC(C)(C)OC(=O)CC(CC[C@@H](B1O[C@@H]2C[C@@H]3C[C@@H](C3(C)C)[C@]2(C)O1)N([Si](C)(C)C)[Si](C)(C)C)O[Si](C)(C)C(C)(C)C. The number of hydrogen-bond donors (Lipinski definition) is 0. The first kappa shape index (κ1) is 36.5. The van der Waals surface area contributed by atoms with E-state index in [2.05, 4.69) is 98.1 Å². The van der Waals surface area contributed by atoms with Crippen LogP contribution in [0.5, 0.6) is 0 Å². The van der Waals surface area contributed by atoms with Crippen LogP contribution in [0.4, 0.5) is 0 Å². The van der Waals surface area contributed by atoms with Crippen LogP contribution >= 0.6 is 0 Å². The van der Waals surface area contributed by atoms with Crippen molar-refractivity contribution in [3.05, 3.63) is 0 Å². The van der Waals surface area contributed by atoms with Gasteiger partial charge in [-0.2, -0.15) is 0 Å².